The lowest BCUT2D eigenvalue weighted by Gasteiger charge is -2.42. The summed E-state index contributed by atoms with van der Waals surface area (Å²) in [4.78, 5) is 16.5. The Hall–Kier alpha value is -1.51. The van der Waals surface area contributed by atoms with E-state index >= 15 is 0 Å². The zero-order valence-electron chi connectivity index (χ0n) is 16.8. The van der Waals surface area contributed by atoms with E-state index in [1.165, 1.54) is 48.2 Å². The molecule has 160 valence electrons. The van der Waals surface area contributed by atoms with Gasteiger partial charge in [-0.1, -0.05) is 31.4 Å². The van der Waals surface area contributed by atoms with Gasteiger partial charge in [-0.25, -0.2) is 12.8 Å². The first-order valence-electron chi connectivity index (χ1n) is 10.7. The van der Waals surface area contributed by atoms with Crippen LogP contribution in [0.1, 0.15) is 32.1 Å². The van der Waals surface area contributed by atoms with Crippen molar-refractivity contribution >= 4 is 15.9 Å². The zero-order valence-corrected chi connectivity index (χ0v) is 17.6. The smallest absolute Gasteiger partial charge is 0.246 e. The van der Waals surface area contributed by atoms with E-state index in [2.05, 4.69) is 0 Å². The molecule has 8 heteroatoms. The number of rotatable bonds is 4. The highest BCUT2D eigenvalue weighted by molar-refractivity contribution is 7.89. The molecule has 29 heavy (non-hydrogen) atoms. The number of likely N-dealkylation sites (tertiary alicyclic amines) is 1. The van der Waals surface area contributed by atoms with Crippen LogP contribution < -0.4 is 0 Å². The highest BCUT2D eigenvalue weighted by atomic mass is 32.2. The second-order valence-corrected chi connectivity index (χ2v) is 10.5. The van der Waals surface area contributed by atoms with Crippen LogP contribution in [0.5, 0.6) is 0 Å². The number of piperazine rings is 1. The van der Waals surface area contributed by atoms with Crippen LogP contribution in [0.4, 0.5) is 4.39 Å². The standard InChI is InChI=1S/C21H30FN3O3S/c22-19-7-3-4-8-20(19)29(27,28)25-13-11-23(12-14-25)16-21(26)24-10-9-17-5-1-2-6-18(17)15-24/h3-4,7-8,17-18H,1-2,5-6,9-16H2/t17-,18+/m1/s1. The molecule has 2 saturated heterocycles. The number of halogens is 1. The molecule has 0 unspecified atom stereocenters. The number of nitrogens with zero attached hydrogens (tertiary/aromatic N) is 3. The van der Waals surface area contributed by atoms with Gasteiger partial charge in [-0.05, 0) is 36.8 Å². The van der Waals surface area contributed by atoms with Crippen molar-refractivity contribution < 1.29 is 17.6 Å². The van der Waals surface area contributed by atoms with Crippen LogP contribution in [0, 0.1) is 17.7 Å². The summed E-state index contributed by atoms with van der Waals surface area (Å²) in [6.45, 7) is 3.58. The first kappa shape index (κ1) is 20.8. The number of fused-ring (bicyclic) bond motifs is 1. The minimum atomic E-state index is -3.84. The van der Waals surface area contributed by atoms with Gasteiger partial charge in [0.05, 0.1) is 6.54 Å². The van der Waals surface area contributed by atoms with Crippen molar-refractivity contribution in [3.8, 4) is 0 Å². The monoisotopic (exact) mass is 423 g/mol. The number of amides is 1. The lowest BCUT2D eigenvalue weighted by Crippen LogP contribution is -2.53. The summed E-state index contributed by atoms with van der Waals surface area (Å²) in [6, 6.07) is 5.47. The Kier molecular flexibility index (Phi) is 6.22. The molecule has 2 heterocycles. The van der Waals surface area contributed by atoms with Crippen LogP contribution in [0.25, 0.3) is 0 Å². The molecule has 0 spiro atoms. The lowest BCUT2D eigenvalue weighted by molar-refractivity contribution is -0.135. The number of carbonyl (C=O) groups is 1. The molecule has 0 aromatic heterocycles. The normalized spacial score (nSPS) is 26.9. The third-order valence-corrected chi connectivity index (χ3v) is 8.72. The fourth-order valence-corrected chi connectivity index (χ4v) is 6.53. The summed E-state index contributed by atoms with van der Waals surface area (Å²) >= 11 is 0. The molecule has 1 amide bonds. The van der Waals surface area contributed by atoms with E-state index in [0.29, 0.717) is 25.6 Å². The fraction of sp³-hybridized carbons (Fsp3) is 0.667. The number of carbonyl (C=O) groups excluding carboxylic acids is 1. The summed E-state index contributed by atoms with van der Waals surface area (Å²) < 4.78 is 40.7. The van der Waals surface area contributed by atoms with Gasteiger partial charge in [-0.3, -0.25) is 9.69 Å². The summed E-state index contributed by atoms with van der Waals surface area (Å²) in [7, 11) is -3.84. The third-order valence-electron chi connectivity index (χ3n) is 6.79. The lowest BCUT2D eigenvalue weighted by atomic mass is 9.75. The molecule has 1 aromatic rings. The zero-order chi connectivity index (χ0) is 20.4. The van der Waals surface area contributed by atoms with Crippen LogP contribution in [0.15, 0.2) is 29.2 Å². The molecule has 1 aliphatic carbocycles. The van der Waals surface area contributed by atoms with Gasteiger partial charge in [-0.2, -0.15) is 4.31 Å². The second-order valence-electron chi connectivity index (χ2n) is 8.54. The first-order chi connectivity index (χ1) is 13.9. The largest absolute Gasteiger partial charge is 0.341 e. The van der Waals surface area contributed by atoms with Gasteiger partial charge in [0.25, 0.3) is 0 Å². The molecule has 6 nitrogen and oxygen atoms in total. The number of benzene rings is 1. The molecule has 3 aliphatic rings. The predicted octanol–water partition coefficient (Wildman–Crippen LogP) is 2.17. The Morgan fingerprint density at radius 2 is 1.66 bits per heavy atom. The van der Waals surface area contributed by atoms with Crippen molar-refractivity contribution in [2.24, 2.45) is 11.8 Å². The molecule has 3 fully saturated rings. The summed E-state index contributed by atoms with van der Waals surface area (Å²) in [5.74, 6) is 0.875. The first-order valence-corrected chi connectivity index (χ1v) is 12.1. The summed E-state index contributed by atoms with van der Waals surface area (Å²) in [6.07, 6.45) is 6.27. The second kappa shape index (κ2) is 8.70. The SMILES string of the molecule is O=C(CN1CCN(S(=O)(=O)c2ccccc2F)CC1)N1CC[C@H]2CCCC[C@H]2C1. The molecule has 1 aromatic carbocycles. The number of piperidine rings is 1. The summed E-state index contributed by atoms with van der Waals surface area (Å²) in [5, 5.41) is 0. The van der Waals surface area contributed by atoms with Gasteiger partial charge in [-0.15, -0.1) is 0 Å². The Labute approximate surface area is 172 Å². The van der Waals surface area contributed by atoms with Crippen molar-refractivity contribution in [2.45, 2.75) is 37.0 Å². The summed E-state index contributed by atoms with van der Waals surface area (Å²) in [5.41, 5.74) is 0. The van der Waals surface area contributed by atoms with Crippen LogP contribution in [-0.4, -0.2) is 74.2 Å². The molecule has 2 atom stereocenters. The fourth-order valence-electron chi connectivity index (χ4n) is 5.04. The topological polar surface area (TPSA) is 60.9 Å². The van der Waals surface area contributed by atoms with Crippen molar-refractivity contribution in [3.63, 3.8) is 0 Å². The van der Waals surface area contributed by atoms with Gasteiger partial charge < -0.3 is 4.90 Å². The molecule has 4 rings (SSSR count). The van der Waals surface area contributed by atoms with E-state index in [4.69, 9.17) is 0 Å². The molecule has 2 aliphatic heterocycles. The number of hydrogen-bond acceptors (Lipinski definition) is 4. The van der Waals surface area contributed by atoms with Crippen molar-refractivity contribution in [2.75, 3.05) is 45.8 Å². The van der Waals surface area contributed by atoms with Gasteiger partial charge in [0.15, 0.2) is 0 Å². The molecule has 0 radical (unpaired) electrons. The van der Waals surface area contributed by atoms with Crippen LogP contribution in [0.2, 0.25) is 0 Å². The molecule has 1 saturated carbocycles. The number of hydrogen-bond donors (Lipinski definition) is 0. The Morgan fingerprint density at radius 3 is 2.38 bits per heavy atom. The Balaban J connectivity index is 1.30. The van der Waals surface area contributed by atoms with Crippen LogP contribution in [-0.2, 0) is 14.8 Å². The van der Waals surface area contributed by atoms with E-state index in [-0.39, 0.29) is 23.9 Å². The average Bonchev–Trinajstić information content (AvgIpc) is 2.74. The van der Waals surface area contributed by atoms with E-state index in [0.717, 1.165) is 31.5 Å². The maximum atomic E-state index is 13.9. The van der Waals surface area contributed by atoms with E-state index < -0.39 is 15.8 Å². The maximum absolute atomic E-state index is 13.9. The molecular weight excluding hydrogens is 393 g/mol. The highest BCUT2D eigenvalue weighted by Crippen LogP contribution is 2.36. The quantitative estimate of drug-likeness (QED) is 0.745. The average molecular weight is 424 g/mol. The molecule has 0 N–H and O–H groups in total. The van der Waals surface area contributed by atoms with Crippen LogP contribution in [0.3, 0.4) is 0 Å². The third kappa shape index (κ3) is 4.49. The van der Waals surface area contributed by atoms with Crippen molar-refractivity contribution in [1.82, 2.24) is 14.1 Å². The molecular formula is C21H30FN3O3S. The highest BCUT2D eigenvalue weighted by Gasteiger charge is 2.34. The van der Waals surface area contributed by atoms with E-state index in [1.807, 2.05) is 9.80 Å². The van der Waals surface area contributed by atoms with Crippen molar-refractivity contribution in [1.29, 1.82) is 0 Å². The predicted molar refractivity (Wildman–Crippen MR) is 108 cm³/mol. The van der Waals surface area contributed by atoms with Crippen molar-refractivity contribution in [3.05, 3.63) is 30.1 Å². The van der Waals surface area contributed by atoms with Crippen LogP contribution >= 0.6 is 0 Å². The Morgan fingerprint density at radius 1 is 0.966 bits per heavy atom. The number of sulfonamides is 1. The van der Waals surface area contributed by atoms with Gasteiger partial charge >= 0.3 is 0 Å². The van der Waals surface area contributed by atoms with Gasteiger partial charge in [0, 0.05) is 39.3 Å². The molecule has 0 bridgehead atoms. The minimum Gasteiger partial charge on any atom is -0.341 e. The Bertz CT molecular complexity index is 839. The van der Waals surface area contributed by atoms with Gasteiger partial charge in [0.2, 0.25) is 15.9 Å². The van der Waals surface area contributed by atoms with E-state index in [1.54, 1.807) is 0 Å². The van der Waals surface area contributed by atoms with Gasteiger partial charge in [0.1, 0.15) is 10.7 Å². The van der Waals surface area contributed by atoms with E-state index in [9.17, 15) is 17.6 Å². The minimum absolute atomic E-state index is 0.152. The maximum Gasteiger partial charge on any atom is 0.246 e.